The van der Waals surface area contributed by atoms with Crippen LogP contribution in [-0.2, 0) is 10.0 Å². The number of carbonyl (C=O) groups is 1. The smallest absolute Gasteiger partial charge is 0.261 e. The normalized spacial score (nSPS) is 11.3. The number of anilines is 2. The van der Waals surface area contributed by atoms with Crippen LogP contribution in [0, 0.1) is 6.92 Å². The molecule has 0 aliphatic heterocycles. The van der Waals surface area contributed by atoms with Crippen molar-refractivity contribution in [1.82, 2.24) is 0 Å². The van der Waals surface area contributed by atoms with Gasteiger partial charge in [-0.2, -0.15) is 0 Å². The third-order valence-corrected chi connectivity index (χ3v) is 6.73. The van der Waals surface area contributed by atoms with E-state index in [4.69, 9.17) is 0 Å². The number of nitrogens with zero attached hydrogens (tertiary/aromatic N) is 1. The molecular weight excluding hydrogens is 420 g/mol. The van der Waals surface area contributed by atoms with Crippen molar-refractivity contribution < 1.29 is 13.2 Å². The number of hydrogen-bond acceptors (Lipinski definition) is 3. The molecular formula is C26H24N2O3S. The number of hydrogen-bond donors (Lipinski definition) is 1. The minimum Gasteiger partial charge on any atom is -0.308 e. The van der Waals surface area contributed by atoms with Crippen LogP contribution >= 0.6 is 0 Å². The van der Waals surface area contributed by atoms with E-state index >= 15 is 0 Å². The third kappa shape index (κ3) is 4.36. The molecule has 162 valence electrons. The Balaban J connectivity index is 1.58. The molecule has 1 N–H and O–H groups in total. The molecule has 0 fully saturated rings. The van der Waals surface area contributed by atoms with Gasteiger partial charge in [0.25, 0.3) is 15.9 Å². The number of fused-ring (bicyclic) bond motifs is 1. The van der Waals surface area contributed by atoms with Crippen molar-refractivity contribution in [2.75, 3.05) is 16.2 Å². The monoisotopic (exact) mass is 444 g/mol. The largest absolute Gasteiger partial charge is 0.308 e. The van der Waals surface area contributed by atoms with Crippen LogP contribution in [-0.4, -0.2) is 20.9 Å². The molecule has 0 radical (unpaired) electrons. The van der Waals surface area contributed by atoms with Crippen LogP contribution in [0.15, 0.2) is 95.9 Å². The third-order valence-electron chi connectivity index (χ3n) is 5.33. The van der Waals surface area contributed by atoms with Crippen LogP contribution in [0.5, 0.6) is 0 Å². The van der Waals surface area contributed by atoms with E-state index in [9.17, 15) is 13.2 Å². The summed E-state index contributed by atoms with van der Waals surface area (Å²) in [4.78, 5) is 15.2. The van der Waals surface area contributed by atoms with Gasteiger partial charge < -0.3 is 4.90 Å². The number of rotatable bonds is 6. The van der Waals surface area contributed by atoms with Crippen molar-refractivity contribution in [3.63, 3.8) is 0 Å². The molecule has 0 unspecified atom stereocenters. The summed E-state index contributed by atoms with van der Waals surface area (Å²) in [6, 6.07) is 27.0. The van der Waals surface area contributed by atoms with Gasteiger partial charge in [0.15, 0.2) is 0 Å². The molecule has 0 saturated carbocycles. The quantitative estimate of drug-likeness (QED) is 0.420. The van der Waals surface area contributed by atoms with E-state index in [-0.39, 0.29) is 10.8 Å². The maximum Gasteiger partial charge on any atom is 0.261 e. The molecule has 0 bridgehead atoms. The summed E-state index contributed by atoms with van der Waals surface area (Å²) in [5.74, 6) is -0.142. The van der Waals surface area contributed by atoms with Crippen LogP contribution in [0.25, 0.3) is 10.8 Å². The molecule has 0 aromatic heterocycles. The highest BCUT2D eigenvalue weighted by Gasteiger charge is 2.19. The first-order valence-corrected chi connectivity index (χ1v) is 11.9. The van der Waals surface area contributed by atoms with Crippen molar-refractivity contribution >= 4 is 38.1 Å². The van der Waals surface area contributed by atoms with E-state index in [0.29, 0.717) is 17.8 Å². The van der Waals surface area contributed by atoms with Crippen LogP contribution in [0.2, 0.25) is 0 Å². The molecule has 4 rings (SSSR count). The van der Waals surface area contributed by atoms with Gasteiger partial charge in [0.2, 0.25) is 0 Å². The average Bonchev–Trinajstić information content (AvgIpc) is 2.80. The summed E-state index contributed by atoms with van der Waals surface area (Å²) in [5.41, 5.74) is 2.71. The van der Waals surface area contributed by atoms with E-state index in [2.05, 4.69) is 4.72 Å². The number of aryl methyl sites for hydroxylation is 1. The first-order valence-electron chi connectivity index (χ1n) is 10.4. The molecule has 0 saturated heterocycles. The summed E-state index contributed by atoms with van der Waals surface area (Å²) in [7, 11) is -3.70. The maximum atomic E-state index is 13.3. The number of benzene rings is 4. The molecule has 4 aromatic rings. The fourth-order valence-electron chi connectivity index (χ4n) is 3.64. The summed E-state index contributed by atoms with van der Waals surface area (Å²) >= 11 is 0. The predicted molar refractivity (Wildman–Crippen MR) is 130 cm³/mol. The highest BCUT2D eigenvalue weighted by atomic mass is 32.2. The van der Waals surface area contributed by atoms with Crippen LogP contribution in [0.1, 0.15) is 22.8 Å². The van der Waals surface area contributed by atoms with Gasteiger partial charge in [0, 0.05) is 23.2 Å². The van der Waals surface area contributed by atoms with E-state index in [1.807, 2.05) is 56.3 Å². The molecule has 4 aromatic carbocycles. The molecule has 0 atom stereocenters. The van der Waals surface area contributed by atoms with Gasteiger partial charge in [0.1, 0.15) is 0 Å². The van der Waals surface area contributed by atoms with E-state index in [1.165, 1.54) is 0 Å². The fraction of sp³-hybridized carbons (Fsp3) is 0.115. The van der Waals surface area contributed by atoms with Crippen molar-refractivity contribution in [1.29, 1.82) is 0 Å². The molecule has 32 heavy (non-hydrogen) atoms. The predicted octanol–water partition coefficient (Wildman–Crippen LogP) is 5.62. The van der Waals surface area contributed by atoms with Gasteiger partial charge in [-0.3, -0.25) is 9.52 Å². The van der Waals surface area contributed by atoms with Crippen molar-refractivity contribution in [2.24, 2.45) is 0 Å². The summed E-state index contributed by atoms with van der Waals surface area (Å²) in [6.45, 7) is 4.34. The Kier molecular flexibility index (Phi) is 5.97. The average molecular weight is 445 g/mol. The van der Waals surface area contributed by atoms with Crippen LogP contribution in [0.3, 0.4) is 0 Å². The molecule has 5 nitrogen and oxygen atoms in total. The maximum absolute atomic E-state index is 13.3. The van der Waals surface area contributed by atoms with Crippen LogP contribution in [0.4, 0.5) is 11.4 Å². The zero-order valence-electron chi connectivity index (χ0n) is 17.9. The lowest BCUT2D eigenvalue weighted by Crippen LogP contribution is -2.30. The Hall–Kier alpha value is -3.64. The van der Waals surface area contributed by atoms with Gasteiger partial charge in [0.05, 0.1) is 10.6 Å². The molecule has 6 heteroatoms. The van der Waals surface area contributed by atoms with Gasteiger partial charge in [-0.15, -0.1) is 0 Å². The van der Waals surface area contributed by atoms with Gasteiger partial charge in [-0.25, -0.2) is 8.42 Å². The number of sulfonamides is 1. The van der Waals surface area contributed by atoms with E-state index in [0.717, 1.165) is 22.0 Å². The lowest BCUT2D eigenvalue weighted by Gasteiger charge is -2.23. The Morgan fingerprint density at radius 2 is 1.50 bits per heavy atom. The zero-order valence-corrected chi connectivity index (χ0v) is 18.8. The lowest BCUT2D eigenvalue weighted by molar-refractivity contribution is 0.0988. The number of nitrogens with one attached hydrogen (secondary N) is 1. The standard InChI is InChI=1S/C26H24N2O3S/c1-3-28(25-10-6-8-20-7-4-5-9-24(20)25)26(29)21-13-15-22(16-14-21)27-32(30,31)23-17-11-19(2)12-18-23/h4-18,27H,3H2,1-2H3. The van der Waals surface area contributed by atoms with Crippen molar-refractivity contribution in [3.05, 3.63) is 102 Å². The Labute approximate surface area is 188 Å². The summed E-state index contributed by atoms with van der Waals surface area (Å²) in [6.07, 6.45) is 0. The number of carbonyl (C=O) groups excluding carboxylic acids is 1. The molecule has 0 aliphatic rings. The molecule has 0 aliphatic carbocycles. The van der Waals surface area contributed by atoms with Crippen LogP contribution < -0.4 is 9.62 Å². The minimum absolute atomic E-state index is 0.142. The minimum atomic E-state index is -3.70. The first-order chi connectivity index (χ1) is 15.4. The van der Waals surface area contributed by atoms with Gasteiger partial charge in [-0.1, -0.05) is 54.1 Å². The second kappa shape index (κ2) is 8.85. The lowest BCUT2D eigenvalue weighted by atomic mass is 10.1. The van der Waals surface area contributed by atoms with Gasteiger partial charge >= 0.3 is 0 Å². The topological polar surface area (TPSA) is 66.5 Å². The van der Waals surface area contributed by atoms with Crippen molar-refractivity contribution in [3.8, 4) is 0 Å². The Morgan fingerprint density at radius 3 is 2.19 bits per heavy atom. The molecule has 1 amide bonds. The van der Waals surface area contributed by atoms with Crippen molar-refractivity contribution in [2.45, 2.75) is 18.7 Å². The number of amides is 1. The second-order valence-corrected chi connectivity index (χ2v) is 9.23. The van der Waals surface area contributed by atoms with Gasteiger partial charge in [-0.05, 0) is 61.7 Å². The molecule has 0 spiro atoms. The summed E-state index contributed by atoms with van der Waals surface area (Å²) in [5, 5.41) is 2.07. The zero-order chi connectivity index (χ0) is 22.7. The fourth-order valence-corrected chi connectivity index (χ4v) is 4.69. The highest BCUT2D eigenvalue weighted by molar-refractivity contribution is 7.92. The van der Waals surface area contributed by atoms with E-state index in [1.54, 1.807) is 53.4 Å². The summed E-state index contributed by atoms with van der Waals surface area (Å²) < 4.78 is 27.8. The first kappa shape index (κ1) is 21.6. The Morgan fingerprint density at radius 1 is 0.844 bits per heavy atom. The Bertz CT molecular complexity index is 1360. The SMILES string of the molecule is CCN(C(=O)c1ccc(NS(=O)(=O)c2ccc(C)cc2)cc1)c1cccc2ccccc12. The second-order valence-electron chi connectivity index (χ2n) is 7.54. The van der Waals surface area contributed by atoms with E-state index < -0.39 is 10.0 Å². The highest BCUT2D eigenvalue weighted by Crippen LogP contribution is 2.28. The molecule has 0 heterocycles.